The van der Waals surface area contributed by atoms with E-state index in [0.717, 1.165) is 29.3 Å². The van der Waals surface area contributed by atoms with Gasteiger partial charge in [-0.25, -0.2) is 8.42 Å². The van der Waals surface area contributed by atoms with Crippen molar-refractivity contribution in [1.82, 2.24) is 9.62 Å². The van der Waals surface area contributed by atoms with E-state index in [4.69, 9.17) is 0 Å². The summed E-state index contributed by atoms with van der Waals surface area (Å²) in [5.41, 5.74) is 0. The van der Waals surface area contributed by atoms with Gasteiger partial charge in [-0.05, 0) is 40.7 Å². The van der Waals surface area contributed by atoms with E-state index < -0.39 is 10.0 Å². The van der Waals surface area contributed by atoms with Gasteiger partial charge in [0.05, 0.1) is 3.79 Å². The lowest BCUT2D eigenvalue weighted by Crippen LogP contribution is -2.32. The highest BCUT2D eigenvalue weighted by Crippen LogP contribution is 2.34. The zero-order chi connectivity index (χ0) is 14.6. The lowest BCUT2D eigenvalue weighted by atomic mass is 10.4. The van der Waals surface area contributed by atoms with Gasteiger partial charge in [-0.2, -0.15) is 16.1 Å². The number of sulfonamides is 1. The molecule has 0 aliphatic carbocycles. The largest absolute Gasteiger partial charge is 0.312 e. The molecule has 1 N–H and O–H groups in total. The molecule has 0 saturated carbocycles. The van der Waals surface area contributed by atoms with Crippen molar-refractivity contribution in [2.75, 3.05) is 31.1 Å². The summed E-state index contributed by atoms with van der Waals surface area (Å²) in [7, 11) is -3.36. The molecular weight excluding hydrogens is 380 g/mol. The first kappa shape index (κ1) is 16.8. The molecular formula is C12H19BrN2O2S3. The Balaban J connectivity index is 2.21. The predicted octanol–water partition coefficient (Wildman–Crippen LogP) is 2.75. The lowest BCUT2D eigenvalue weighted by Gasteiger charge is -2.19. The van der Waals surface area contributed by atoms with Crippen LogP contribution in [0.1, 0.15) is 18.2 Å². The number of thioether (sulfide) groups is 1. The highest BCUT2D eigenvalue weighted by atomic mass is 79.9. The van der Waals surface area contributed by atoms with Gasteiger partial charge in [0, 0.05) is 30.3 Å². The molecule has 0 amide bonds. The molecule has 2 rings (SSSR count). The fourth-order valence-corrected chi connectivity index (χ4v) is 7.10. The van der Waals surface area contributed by atoms with E-state index in [0.29, 0.717) is 28.3 Å². The Bertz CT molecular complexity index is 537. The Morgan fingerprint density at radius 1 is 1.40 bits per heavy atom. The molecule has 1 aromatic heterocycles. The van der Waals surface area contributed by atoms with Crippen molar-refractivity contribution in [3.05, 3.63) is 14.7 Å². The van der Waals surface area contributed by atoms with Crippen molar-refractivity contribution in [3.8, 4) is 0 Å². The van der Waals surface area contributed by atoms with Crippen LogP contribution in [0, 0.1) is 0 Å². The summed E-state index contributed by atoms with van der Waals surface area (Å²) in [6.45, 7) is 4.86. The number of hydrogen-bond donors (Lipinski definition) is 1. The third kappa shape index (κ3) is 3.98. The van der Waals surface area contributed by atoms with E-state index in [2.05, 4.69) is 21.2 Å². The van der Waals surface area contributed by atoms with Gasteiger partial charge >= 0.3 is 0 Å². The van der Waals surface area contributed by atoms with E-state index in [1.54, 1.807) is 10.4 Å². The summed E-state index contributed by atoms with van der Waals surface area (Å²) in [5, 5.41) is 3.22. The molecule has 1 aliphatic rings. The van der Waals surface area contributed by atoms with Crippen LogP contribution in [0.5, 0.6) is 0 Å². The van der Waals surface area contributed by atoms with Gasteiger partial charge in [0.2, 0.25) is 10.0 Å². The highest BCUT2D eigenvalue weighted by Gasteiger charge is 2.28. The van der Waals surface area contributed by atoms with Crippen molar-refractivity contribution >= 4 is 49.1 Å². The van der Waals surface area contributed by atoms with Crippen molar-refractivity contribution in [3.63, 3.8) is 0 Å². The van der Waals surface area contributed by atoms with Crippen LogP contribution in [0.25, 0.3) is 0 Å². The number of rotatable bonds is 5. The van der Waals surface area contributed by atoms with Crippen LogP contribution in [-0.4, -0.2) is 43.9 Å². The normalized spacial score (nSPS) is 18.1. The Kier molecular flexibility index (Phi) is 6.37. The molecule has 0 bridgehead atoms. The molecule has 114 valence electrons. The SMILES string of the molecule is CCNCc1cc(S(=O)(=O)N2CCCSCC2)c(Br)s1. The Hall–Kier alpha value is 0.400. The lowest BCUT2D eigenvalue weighted by molar-refractivity contribution is 0.435. The van der Waals surface area contributed by atoms with Crippen LogP contribution in [0.2, 0.25) is 0 Å². The van der Waals surface area contributed by atoms with Crippen LogP contribution < -0.4 is 5.32 Å². The maximum absolute atomic E-state index is 12.7. The van der Waals surface area contributed by atoms with Crippen molar-refractivity contribution in [2.45, 2.75) is 24.8 Å². The first-order chi connectivity index (χ1) is 9.55. The number of thiophene rings is 1. The van der Waals surface area contributed by atoms with Gasteiger partial charge in [0.25, 0.3) is 0 Å². The smallest absolute Gasteiger partial charge is 0.245 e. The highest BCUT2D eigenvalue weighted by molar-refractivity contribution is 9.11. The molecule has 1 saturated heterocycles. The van der Waals surface area contributed by atoms with Gasteiger partial charge in [0.15, 0.2) is 0 Å². The molecule has 0 atom stereocenters. The Morgan fingerprint density at radius 3 is 2.95 bits per heavy atom. The van der Waals surface area contributed by atoms with Crippen LogP contribution >= 0.6 is 39.0 Å². The van der Waals surface area contributed by atoms with Gasteiger partial charge in [-0.3, -0.25) is 0 Å². The second-order valence-corrected chi connectivity index (χ2v) is 10.1. The monoisotopic (exact) mass is 398 g/mol. The average molecular weight is 399 g/mol. The summed E-state index contributed by atoms with van der Waals surface area (Å²) in [6.07, 6.45) is 0.926. The molecule has 1 aliphatic heterocycles. The zero-order valence-electron chi connectivity index (χ0n) is 11.4. The topological polar surface area (TPSA) is 49.4 Å². The minimum Gasteiger partial charge on any atom is -0.312 e. The van der Waals surface area contributed by atoms with Crippen molar-refractivity contribution < 1.29 is 8.42 Å². The van der Waals surface area contributed by atoms with Crippen LogP contribution in [0.3, 0.4) is 0 Å². The van der Waals surface area contributed by atoms with E-state index in [-0.39, 0.29) is 0 Å². The molecule has 20 heavy (non-hydrogen) atoms. The van der Waals surface area contributed by atoms with E-state index >= 15 is 0 Å². The van der Waals surface area contributed by atoms with Gasteiger partial charge < -0.3 is 5.32 Å². The van der Waals surface area contributed by atoms with Gasteiger partial charge in [-0.15, -0.1) is 11.3 Å². The maximum atomic E-state index is 12.7. The number of halogens is 1. The molecule has 4 nitrogen and oxygen atoms in total. The van der Waals surface area contributed by atoms with E-state index in [1.165, 1.54) is 11.3 Å². The van der Waals surface area contributed by atoms with Crippen molar-refractivity contribution in [2.24, 2.45) is 0 Å². The fourth-order valence-electron chi connectivity index (χ4n) is 2.01. The first-order valence-corrected chi connectivity index (χ1v) is 10.8. The summed E-state index contributed by atoms with van der Waals surface area (Å²) >= 11 is 6.73. The molecule has 2 heterocycles. The minimum absolute atomic E-state index is 0.419. The van der Waals surface area contributed by atoms with Gasteiger partial charge in [-0.1, -0.05) is 6.92 Å². The molecule has 0 radical (unpaired) electrons. The predicted molar refractivity (Wildman–Crippen MR) is 90.1 cm³/mol. The Labute approximate surface area is 137 Å². The number of nitrogens with zero attached hydrogens (tertiary/aromatic N) is 1. The fraction of sp³-hybridized carbons (Fsp3) is 0.667. The zero-order valence-corrected chi connectivity index (χ0v) is 15.4. The molecule has 1 aromatic rings. The molecule has 8 heteroatoms. The quantitative estimate of drug-likeness (QED) is 0.827. The summed E-state index contributed by atoms with van der Waals surface area (Å²) in [4.78, 5) is 1.46. The van der Waals surface area contributed by atoms with Crippen molar-refractivity contribution in [1.29, 1.82) is 0 Å². The second kappa shape index (κ2) is 7.60. The first-order valence-electron chi connectivity index (χ1n) is 6.62. The maximum Gasteiger partial charge on any atom is 0.245 e. The van der Waals surface area contributed by atoms with Gasteiger partial charge in [0.1, 0.15) is 4.90 Å². The molecule has 0 spiro atoms. The second-order valence-electron chi connectivity index (χ2n) is 4.50. The van der Waals surface area contributed by atoms with E-state index in [1.807, 2.05) is 18.7 Å². The van der Waals surface area contributed by atoms with Crippen LogP contribution in [-0.2, 0) is 16.6 Å². The average Bonchev–Trinajstić information content (AvgIpc) is 2.65. The molecule has 0 aromatic carbocycles. The third-order valence-electron chi connectivity index (χ3n) is 3.05. The third-order valence-corrected chi connectivity index (χ3v) is 8.25. The number of hydrogen-bond acceptors (Lipinski definition) is 5. The molecule has 0 unspecified atom stereocenters. The number of nitrogens with one attached hydrogen (secondary N) is 1. The summed E-state index contributed by atoms with van der Waals surface area (Å²) in [6, 6.07) is 1.80. The minimum atomic E-state index is -3.36. The molecule has 1 fully saturated rings. The van der Waals surface area contributed by atoms with Crippen LogP contribution in [0.15, 0.2) is 14.7 Å². The van der Waals surface area contributed by atoms with E-state index in [9.17, 15) is 8.42 Å². The standard InChI is InChI=1S/C12H19BrN2O2S3/c1-2-14-9-10-8-11(12(13)19-10)20(16,17)15-4-3-6-18-7-5-15/h8,14H,2-7,9H2,1H3. The Morgan fingerprint density at radius 2 is 2.20 bits per heavy atom. The summed E-state index contributed by atoms with van der Waals surface area (Å²) in [5.74, 6) is 1.92. The summed E-state index contributed by atoms with van der Waals surface area (Å²) < 4.78 is 27.8. The van der Waals surface area contributed by atoms with Crippen LogP contribution in [0.4, 0.5) is 0 Å².